The number of carboxylic acids is 1. The van der Waals surface area contributed by atoms with Gasteiger partial charge in [0.05, 0.1) is 13.1 Å². The summed E-state index contributed by atoms with van der Waals surface area (Å²) in [5.41, 5.74) is -0.288. The summed E-state index contributed by atoms with van der Waals surface area (Å²) in [5.74, 6) is -0.970. The van der Waals surface area contributed by atoms with E-state index in [0.29, 0.717) is 6.54 Å². The molecule has 0 saturated carbocycles. The molecule has 1 aliphatic heterocycles. The average Bonchev–Trinajstić information content (AvgIpc) is 2.63. The van der Waals surface area contributed by atoms with Gasteiger partial charge < -0.3 is 14.7 Å². The van der Waals surface area contributed by atoms with E-state index in [9.17, 15) is 14.7 Å². The Kier molecular flexibility index (Phi) is 12.3. The van der Waals surface area contributed by atoms with Gasteiger partial charge in [-0.05, 0) is 45.4 Å². The second kappa shape index (κ2) is 13.5. The highest BCUT2D eigenvalue weighted by molar-refractivity contribution is 5.72. The number of aliphatic carboxylic acids is 1. The Hall–Kier alpha value is -1.22. The minimum Gasteiger partial charge on any atom is -0.480 e. The van der Waals surface area contributed by atoms with Crippen LogP contribution in [0.25, 0.3) is 0 Å². The van der Waals surface area contributed by atoms with E-state index in [0.717, 1.165) is 45.8 Å². The van der Waals surface area contributed by atoms with Crippen LogP contribution in [-0.2, 0) is 14.3 Å². The Morgan fingerprint density at radius 2 is 1.19 bits per heavy atom. The smallest absolute Gasteiger partial charge is 0.320 e. The first-order valence-corrected chi connectivity index (χ1v) is 13.6. The first-order valence-electron chi connectivity index (χ1n) is 13.6. The molecule has 8 heteroatoms. The first-order chi connectivity index (χ1) is 16.2. The van der Waals surface area contributed by atoms with Crippen LogP contribution in [0.1, 0.15) is 76.2 Å². The van der Waals surface area contributed by atoms with Crippen molar-refractivity contribution in [3.05, 3.63) is 0 Å². The van der Waals surface area contributed by atoms with Gasteiger partial charge in [0.15, 0.2) is 0 Å². The highest BCUT2D eigenvalue weighted by Crippen LogP contribution is 2.20. The zero-order valence-corrected chi connectivity index (χ0v) is 25.2. The average molecular weight is 513 g/mol. The van der Waals surface area contributed by atoms with E-state index in [1.807, 2.05) is 20.8 Å². The summed E-state index contributed by atoms with van der Waals surface area (Å²) in [6.07, 6.45) is 0. The minimum absolute atomic E-state index is 0.0486. The molecule has 2 atom stereocenters. The summed E-state index contributed by atoms with van der Waals surface area (Å²) in [6, 6.07) is 0.318. The lowest BCUT2D eigenvalue weighted by Crippen LogP contribution is -2.54. The molecule has 1 aliphatic rings. The molecule has 0 bridgehead atoms. The molecule has 1 saturated heterocycles. The van der Waals surface area contributed by atoms with Crippen LogP contribution in [0.5, 0.6) is 0 Å². The zero-order valence-electron chi connectivity index (χ0n) is 25.2. The van der Waals surface area contributed by atoms with E-state index in [4.69, 9.17) is 4.74 Å². The van der Waals surface area contributed by atoms with Crippen LogP contribution in [0.4, 0.5) is 0 Å². The van der Waals surface area contributed by atoms with Crippen molar-refractivity contribution in [1.82, 2.24) is 19.6 Å². The number of carboxylic acid groups (broad SMARTS) is 1. The van der Waals surface area contributed by atoms with E-state index in [1.165, 1.54) is 0 Å². The van der Waals surface area contributed by atoms with E-state index >= 15 is 0 Å². The summed E-state index contributed by atoms with van der Waals surface area (Å²) in [4.78, 5) is 33.7. The van der Waals surface area contributed by atoms with Gasteiger partial charge in [-0.25, -0.2) is 0 Å². The third-order valence-electron chi connectivity index (χ3n) is 6.18. The van der Waals surface area contributed by atoms with Gasteiger partial charge >= 0.3 is 11.9 Å². The summed E-state index contributed by atoms with van der Waals surface area (Å²) in [7, 11) is 0. The van der Waals surface area contributed by atoms with Crippen LogP contribution in [0.2, 0.25) is 0 Å². The zero-order chi connectivity index (χ0) is 27.9. The third-order valence-corrected chi connectivity index (χ3v) is 6.18. The third kappa shape index (κ3) is 14.5. The van der Waals surface area contributed by atoms with Crippen LogP contribution < -0.4 is 0 Å². The monoisotopic (exact) mass is 512 g/mol. The van der Waals surface area contributed by atoms with Gasteiger partial charge in [-0.15, -0.1) is 0 Å². The fraction of sp³-hybridized carbons (Fsp3) is 0.929. The van der Waals surface area contributed by atoms with Crippen molar-refractivity contribution in [3.63, 3.8) is 0 Å². The van der Waals surface area contributed by atoms with Gasteiger partial charge in [-0.1, -0.05) is 41.5 Å². The summed E-state index contributed by atoms with van der Waals surface area (Å²) >= 11 is 0. The molecule has 8 nitrogen and oxygen atoms in total. The number of carbonyl (C=O) groups excluding carboxylic acids is 1. The molecule has 1 rings (SSSR count). The second-order valence-corrected chi connectivity index (χ2v) is 14.2. The SMILES string of the molecule is CC1CN(CC(C)(C)C)CCN(CC(=O)OC(C)(C)C)CC(C)N(CC(C)(C)C)CCN1CC(=O)O. The quantitative estimate of drug-likeness (QED) is 0.542. The molecule has 1 N–H and O–H groups in total. The van der Waals surface area contributed by atoms with E-state index in [1.54, 1.807) is 0 Å². The maximum absolute atomic E-state index is 12.8. The van der Waals surface area contributed by atoms with Gasteiger partial charge in [-0.3, -0.25) is 24.3 Å². The standard InChI is InChI=1S/C28H56N4O4/c1-22-17-30(20-26(3,4)5)13-12-29(19-25(35)36-28(9,10)11)16-23(2)32(21-27(6,7)8)15-14-31(22)18-24(33)34/h22-23H,12-21H2,1-11H3,(H,33,34). The molecule has 0 aliphatic carbocycles. The Labute approximate surface area is 221 Å². The summed E-state index contributed by atoms with van der Waals surface area (Å²) in [6.45, 7) is 30.2. The van der Waals surface area contributed by atoms with Gasteiger partial charge in [0, 0.05) is 64.4 Å². The maximum atomic E-state index is 12.8. The van der Waals surface area contributed by atoms with Crippen LogP contribution in [-0.4, -0.2) is 120 Å². The molecule has 2 unspecified atom stereocenters. The molecule has 1 heterocycles. The van der Waals surface area contributed by atoms with Crippen LogP contribution in [0.3, 0.4) is 0 Å². The fourth-order valence-corrected chi connectivity index (χ4v) is 4.91. The number of carbonyl (C=O) groups is 2. The van der Waals surface area contributed by atoms with Crippen molar-refractivity contribution in [2.75, 3.05) is 65.4 Å². The molecule has 0 amide bonds. The highest BCUT2D eigenvalue weighted by atomic mass is 16.6. The molecule has 0 aromatic heterocycles. The Morgan fingerprint density at radius 1 is 0.722 bits per heavy atom. The lowest BCUT2D eigenvalue weighted by atomic mass is 9.95. The van der Waals surface area contributed by atoms with Gasteiger partial charge in [0.25, 0.3) is 0 Å². The van der Waals surface area contributed by atoms with Gasteiger partial charge in [0.2, 0.25) is 0 Å². The molecule has 0 aromatic rings. The molecular formula is C28H56N4O4. The van der Waals surface area contributed by atoms with E-state index in [2.05, 4.69) is 75.0 Å². The van der Waals surface area contributed by atoms with E-state index < -0.39 is 11.6 Å². The van der Waals surface area contributed by atoms with Crippen molar-refractivity contribution in [2.24, 2.45) is 10.8 Å². The summed E-state index contributed by atoms with van der Waals surface area (Å²) < 4.78 is 5.66. The van der Waals surface area contributed by atoms with Crippen molar-refractivity contribution < 1.29 is 19.4 Å². The van der Waals surface area contributed by atoms with Gasteiger partial charge in [0.1, 0.15) is 5.60 Å². The lowest BCUT2D eigenvalue weighted by molar-refractivity contribution is -0.156. The van der Waals surface area contributed by atoms with Crippen molar-refractivity contribution in [3.8, 4) is 0 Å². The Bertz CT molecular complexity index is 693. The molecule has 0 radical (unpaired) electrons. The fourth-order valence-electron chi connectivity index (χ4n) is 4.91. The second-order valence-electron chi connectivity index (χ2n) is 14.2. The first kappa shape index (κ1) is 32.8. The molecule has 0 spiro atoms. The molecule has 1 fully saturated rings. The molecule has 36 heavy (non-hydrogen) atoms. The topological polar surface area (TPSA) is 76.6 Å². The number of hydrogen-bond donors (Lipinski definition) is 1. The van der Waals surface area contributed by atoms with E-state index in [-0.39, 0.29) is 42.0 Å². The maximum Gasteiger partial charge on any atom is 0.320 e. The summed E-state index contributed by atoms with van der Waals surface area (Å²) in [5, 5.41) is 9.61. The normalized spacial score (nSPS) is 23.6. The largest absolute Gasteiger partial charge is 0.480 e. The predicted octanol–water partition coefficient (Wildman–Crippen LogP) is 3.50. The van der Waals surface area contributed by atoms with Crippen molar-refractivity contribution in [1.29, 1.82) is 0 Å². The molecule has 0 aromatic carbocycles. The van der Waals surface area contributed by atoms with Crippen LogP contribution >= 0.6 is 0 Å². The number of hydrogen-bond acceptors (Lipinski definition) is 7. The number of ether oxygens (including phenoxy) is 1. The Balaban J connectivity index is 3.25. The van der Waals surface area contributed by atoms with Crippen LogP contribution in [0.15, 0.2) is 0 Å². The number of nitrogens with zero attached hydrogens (tertiary/aromatic N) is 4. The minimum atomic E-state index is -0.782. The van der Waals surface area contributed by atoms with Crippen LogP contribution in [0, 0.1) is 10.8 Å². The number of esters is 1. The Morgan fingerprint density at radius 3 is 1.69 bits per heavy atom. The lowest BCUT2D eigenvalue weighted by Gasteiger charge is -2.41. The number of rotatable bonds is 6. The van der Waals surface area contributed by atoms with Crippen molar-refractivity contribution in [2.45, 2.75) is 93.8 Å². The predicted molar refractivity (Wildman–Crippen MR) is 147 cm³/mol. The van der Waals surface area contributed by atoms with Crippen molar-refractivity contribution >= 4 is 11.9 Å². The highest BCUT2D eigenvalue weighted by Gasteiger charge is 2.29. The molecule has 212 valence electrons. The van der Waals surface area contributed by atoms with Gasteiger partial charge in [-0.2, -0.15) is 0 Å². The molecular weight excluding hydrogens is 456 g/mol.